The van der Waals surface area contributed by atoms with Crippen LogP contribution in [0.2, 0.25) is 5.02 Å². The Labute approximate surface area is 119 Å². The molecular formula is C14H12BrClO2. The third kappa shape index (κ3) is 3.25. The average molecular weight is 328 g/mol. The Morgan fingerprint density at radius 3 is 2.28 bits per heavy atom. The minimum atomic E-state index is -0.510. The fourth-order valence-electron chi connectivity index (χ4n) is 1.55. The predicted octanol–water partition coefficient (Wildman–Crippen LogP) is 4.95. The summed E-state index contributed by atoms with van der Waals surface area (Å²) in [5.41, 5.74) is 0.832. The molecule has 1 atom stereocenters. The molecule has 2 nitrogen and oxygen atoms in total. The van der Waals surface area contributed by atoms with Gasteiger partial charge in [0.2, 0.25) is 0 Å². The first-order chi connectivity index (χ1) is 8.56. The first-order valence-electron chi connectivity index (χ1n) is 5.47. The molecule has 0 unspecified atom stereocenters. The quantitative estimate of drug-likeness (QED) is 0.864. The van der Waals surface area contributed by atoms with Gasteiger partial charge in [-0.15, -0.1) is 0 Å². The second-order valence-corrected chi connectivity index (χ2v) is 5.21. The summed E-state index contributed by atoms with van der Waals surface area (Å²) in [6.07, 6.45) is -0.510. The van der Waals surface area contributed by atoms with Crippen molar-refractivity contribution in [3.63, 3.8) is 0 Å². The van der Waals surface area contributed by atoms with Crippen LogP contribution in [0.15, 0.2) is 46.9 Å². The van der Waals surface area contributed by atoms with Crippen molar-refractivity contribution in [2.45, 2.75) is 13.0 Å². The topological polar surface area (TPSA) is 29.5 Å². The van der Waals surface area contributed by atoms with Gasteiger partial charge in [0.1, 0.15) is 11.5 Å². The van der Waals surface area contributed by atoms with E-state index in [-0.39, 0.29) is 0 Å². The van der Waals surface area contributed by atoms with Gasteiger partial charge in [-0.05, 0) is 48.9 Å². The van der Waals surface area contributed by atoms with Crippen LogP contribution in [0.3, 0.4) is 0 Å². The normalized spacial score (nSPS) is 12.2. The lowest BCUT2D eigenvalue weighted by molar-refractivity contribution is 0.198. The van der Waals surface area contributed by atoms with Crippen molar-refractivity contribution in [2.75, 3.05) is 0 Å². The molecule has 2 aromatic carbocycles. The fraction of sp³-hybridized carbons (Fsp3) is 0.143. The van der Waals surface area contributed by atoms with Gasteiger partial charge >= 0.3 is 0 Å². The van der Waals surface area contributed by atoms with Gasteiger partial charge in [0.25, 0.3) is 0 Å². The summed E-state index contributed by atoms with van der Waals surface area (Å²) in [7, 11) is 0. The van der Waals surface area contributed by atoms with E-state index < -0.39 is 6.10 Å². The number of aliphatic hydroxyl groups excluding tert-OH is 1. The molecule has 0 radical (unpaired) electrons. The average Bonchev–Trinajstić information content (AvgIpc) is 2.32. The molecule has 0 aliphatic rings. The van der Waals surface area contributed by atoms with Crippen LogP contribution < -0.4 is 4.74 Å². The Kier molecular flexibility index (Phi) is 4.27. The first kappa shape index (κ1) is 13.4. The molecule has 0 saturated carbocycles. The zero-order valence-corrected chi connectivity index (χ0v) is 12.1. The van der Waals surface area contributed by atoms with Crippen LogP contribution in [0, 0.1) is 0 Å². The monoisotopic (exact) mass is 326 g/mol. The lowest BCUT2D eigenvalue weighted by atomic mass is 10.1. The van der Waals surface area contributed by atoms with E-state index in [0.717, 1.165) is 15.8 Å². The maximum absolute atomic E-state index is 9.53. The Morgan fingerprint density at radius 1 is 1.11 bits per heavy atom. The highest BCUT2D eigenvalue weighted by Crippen LogP contribution is 2.30. The lowest BCUT2D eigenvalue weighted by Crippen LogP contribution is -1.93. The maximum atomic E-state index is 9.53. The Bertz CT molecular complexity index is 538. The van der Waals surface area contributed by atoms with E-state index in [2.05, 4.69) is 15.9 Å². The second kappa shape index (κ2) is 5.74. The number of ether oxygens (including phenoxy) is 1. The van der Waals surface area contributed by atoms with Crippen LogP contribution in [0.25, 0.3) is 0 Å². The lowest BCUT2D eigenvalue weighted by Gasteiger charge is -2.10. The van der Waals surface area contributed by atoms with E-state index in [1.165, 1.54) is 0 Å². The third-order valence-electron chi connectivity index (χ3n) is 2.47. The van der Waals surface area contributed by atoms with Gasteiger partial charge in [-0.25, -0.2) is 0 Å². The molecule has 94 valence electrons. The summed E-state index contributed by atoms with van der Waals surface area (Å²) in [4.78, 5) is 0. The Morgan fingerprint density at radius 2 is 1.72 bits per heavy atom. The van der Waals surface area contributed by atoms with Crippen LogP contribution in [0.5, 0.6) is 11.5 Å². The molecule has 0 bridgehead atoms. The van der Waals surface area contributed by atoms with Gasteiger partial charge in [0.05, 0.1) is 6.10 Å². The highest BCUT2D eigenvalue weighted by molar-refractivity contribution is 9.10. The molecule has 0 amide bonds. The van der Waals surface area contributed by atoms with Crippen molar-refractivity contribution in [3.8, 4) is 11.5 Å². The van der Waals surface area contributed by atoms with E-state index in [9.17, 15) is 5.11 Å². The van der Waals surface area contributed by atoms with E-state index >= 15 is 0 Å². The van der Waals surface area contributed by atoms with Gasteiger partial charge in [-0.1, -0.05) is 33.6 Å². The number of hydrogen-bond donors (Lipinski definition) is 1. The summed E-state index contributed by atoms with van der Waals surface area (Å²) in [5.74, 6) is 1.42. The summed E-state index contributed by atoms with van der Waals surface area (Å²) in [6, 6.07) is 12.6. The smallest absolute Gasteiger partial charge is 0.128 e. The summed E-state index contributed by atoms with van der Waals surface area (Å²) >= 11 is 9.22. The van der Waals surface area contributed by atoms with Crippen LogP contribution >= 0.6 is 27.5 Å². The van der Waals surface area contributed by atoms with E-state index in [0.29, 0.717) is 10.8 Å². The van der Waals surface area contributed by atoms with Gasteiger partial charge in [0.15, 0.2) is 0 Å². The largest absolute Gasteiger partial charge is 0.457 e. The fourth-order valence-corrected chi connectivity index (χ4v) is 2.36. The molecule has 2 aromatic rings. The number of rotatable bonds is 3. The highest BCUT2D eigenvalue weighted by atomic mass is 79.9. The zero-order valence-electron chi connectivity index (χ0n) is 9.73. The van der Waals surface area contributed by atoms with Crippen molar-refractivity contribution in [1.29, 1.82) is 0 Å². The molecular weight excluding hydrogens is 316 g/mol. The zero-order chi connectivity index (χ0) is 13.1. The van der Waals surface area contributed by atoms with Gasteiger partial charge in [-0.2, -0.15) is 0 Å². The molecule has 0 aromatic heterocycles. The van der Waals surface area contributed by atoms with E-state index in [1.54, 1.807) is 31.2 Å². The molecule has 4 heteroatoms. The van der Waals surface area contributed by atoms with Crippen LogP contribution in [-0.2, 0) is 0 Å². The molecule has 0 spiro atoms. The Balaban J connectivity index is 2.20. The molecule has 1 N–H and O–H groups in total. The van der Waals surface area contributed by atoms with Crippen molar-refractivity contribution < 1.29 is 9.84 Å². The highest BCUT2D eigenvalue weighted by Gasteiger charge is 2.07. The van der Waals surface area contributed by atoms with Crippen molar-refractivity contribution in [2.24, 2.45) is 0 Å². The molecule has 0 fully saturated rings. The van der Waals surface area contributed by atoms with Crippen LogP contribution in [-0.4, -0.2) is 5.11 Å². The molecule has 2 rings (SSSR count). The molecule has 0 aliphatic heterocycles. The van der Waals surface area contributed by atoms with E-state index in [4.69, 9.17) is 16.3 Å². The van der Waals surface area contributed by atoms with Gasteiger partial charge in [-0.3, -0.25) is 0 Å². The standard InChI is InChI=1S/C14H12BrClO2/c1-9(17)13-7-6-12(8-14(13)15)18-11-4-2-10(16)3-5-11/h2-9,17H,1H3/t9-/m0/s1. The van der Waals surface area contributed by atoms with Crippen molar-refractivity contribution >= 4 is 27.5 Å². The SMILES string of the molecule is C[C@H](O)c1ccc(Oc2ccc(Cl)cc2)cc1Br. The Hall–Kier alpha value is -1.03. The minimum absolute atomic E-state index is 0.510. The van der Waals surface area contributed by atoms with Crippen molar-refractivity contribution in [1.82, 2.24) is 0 Å². The van der Waals surface area contributed by atoms with Crippen LogP contribution in [0.1, 0.15) is 18.6 Å². The van der Waals surface area contributed by atoms with Crippen LogP contribution in [0.4, 0.5) is 0 Å². The summed E-state index contributed by atoms with van der Waals surface area (Å²) < 4.78 is 6.50. The summed E-state index contributed by atoms with van der Waals surface area (Å²) in [5, 5.41) is 10.2. The maximum Gasteiger partial charge on any atom is 0.128 e. The second-order valence-electron chi connectivity index (χ2n) is 3.92. The summed E-state index contributed by atoms with van der Waals surface area (Å²) in [6.45, 7) is 1.72. The number of aliphatic hydroxyl groups is 1. The molecule has 0 aliphatic carbocycles. The van der Waals surface area contributed by atoms with Crippen molar-refractivity contribution in [3.05, 3.63) is 57.5 Å². The number of benzene rings is 2. The predicted molar refractivity (Wildman–Crippen MR) is 76.3 cm³/mol. The van der Waals surface area contributed by atoms with Gasteiger partial charge < -0.3 is 9.84 Å². The molecule has 0 heterocycles. The number of hydrogen-bond acceptors (Lipinski definition) is 2. The minimum Gasteiger partial charge on any atom is -0.457 e. The van der Waals surface area contributed by atoms with Gasteiger partial charge in [0, 0.05) is 9.50 Å². The molecule has 0 saturated heterocycles. The number of halogens is 2. The first-order valence-corrected chi connectivity index (χ1v) is 6.64. The third-order valence-corrected chi connectivity index (χ3v) is 3.41. The van der Waals surface area contributed by atoms with E-state index in [1.807, 2.05) is 18.2 Å². The molecule has 18 heavy (non-hydrogen) atoms.